The quantitative estimate of drug-likeness (QED) is 0.510. The van der Waals surface area contributed by atoms with Crippen LogP contribution in [0.15, 0.2) is 36.8 Å². The van der Waals surface area contributed by atoms with E-state index in [1.165, 1.54) is 24.7 Å². The molecule has 0 bridgehead atoms. The number of hydrogen-bond acceptors (Lipinski definition) is 8. The van der Waals surface area contributed by atoms with Crippen LogP contribution in [-0.2, 0) is 6.18 Å². The predicted octanol–water partition coefficient (Wildman–Crippen LogP) is 1.85. The second kappa shape index (κ2) is 9.31. The van der Waals surface area contributed by atoms with Gasteiger partial charge in [-0.05, 0) is 17.7 Å². The van der Waals surface area contributed by atoms with Crippen LogP contribution in [-0.4, -0.2) is 53.8 Å². The molecule has 0 radical (unpaired) electrons. The molecule has 0 spiro atoms. The first-order valence-corrected chi connectivity index (χ1v) is 9.69. The molecule has 2 aromatic rings. The van der Waals surface area contributed by atoms with Gasteiger partial charge in [0, 0.05) is 56.8 Å². The predicted molar refractivity (Wildman–Crippen MR) is 114 cm³/mol. The SMILES string of the molecule is N=CC(=CN)c1c(N)ncnc1N1CCN([C@H](CN)c2ccc(C(F)(F)F)cc2)CC1. The maximum absolute atomic E-state index is 12.8. The Balaban J connectivity index is 1.76. The summed E-state index contributed by atoms with van der Waals surface area (Å²) in [5, 5.41) is 7.57. The molecule has 1 aromatic heterocycles. The Morgan fingerprint density at radius 2 is 1.77 bits per heavy atom. The zero-order chi connectivity index (χ0) is 22.6. The molecule has 166 valence electrons. The Kier molecular flexibility index (Phi) is 6.76. The van der Waals surface area contributed by atoms with Crippen molar-refractivity contribution in [3.05, 3.63) is 53.5 Å². The third-order valence-corrected chi connectivity index (χ3v) is 5.38. The first kappa shape index (κ1) is 22.5. The maximum Gasteiger partial charge on any atom is 0.416 e. The number of nitrogens with two attached hydrogens (primary N) is 3. The molecular formula is C20H25F3N8. The molecule has 1 atom stereocenters. The van der Waals surface area contributed by atoms with Gasteiger partial charge in [-0.1, -0.05) is 12.1 Å². The number of allylic oxidation sites excluding steroid dienone is 1. The highest BCUT2D eigenvalue weighted by Gasteiger charge is 2.31. The minimum Gasteiger partial charge on any atom is -0.404 e. The molecule has 1 aliphatic rings. The largest absolute Gasteiger partial charge is 0.416 e. The molecule has 7 N–H and O–H groups in total. The summed E-state index contributed by atoms with van der Waals surface area (Å²) in [6, 6.07) is 4.95. The lowest BCUT2D eigenvalue weighted by Crippen LogP contribution is -2.49. The van der Waals surface area contributed by atoms with Gasteiger partial charge in [-0.15, -0.1) is 0 Å². The van der Waals surface area contributed by atoms with Crippen LogP contribution in [0.1, 0.15) is 22.7 Å². The monoisotopic (exact) mass is 434 g/mol. The molecule has 0 aliphatic carbocycles. The smallest absolute Gasteiger partial charge is 0.404 e. The zero-order valence-corrected chi connectivity index (χ0v) is 16.8. The van der Waals surface area contributed by atoms with E-state index in [0.29, 0.717) is 43.1 Å². The molecular weight excluding hydrogens is 409 g/mol. The normalized spacial score (nSPS) is 16.9. The van der Waals surface area contributed by atoms with Crippen molar-refractivity contribution in [1.29, 1.82) is 5.41 Å². The molecule has 2 heterocycles. The summed E-state index contributed by atoms with van der Waals surface area (Å²) in [6.07, 6.45) is -0.614. The second-order valence-corrected chi connectivity index (χ2v) is 7.12. The van der Waals surface area contributed by atoms with Crippen molar-refractivity contribution >= 4 is 23.4 Å². The number of nitrogens with one attached hydrogen (secondary N) is 1. The van der Waals surface area contributed by atoms with E-state index in [4.69, 9.17) is 22.6 Å². The van der Waals surface area contributed by atoms with E-state index in [1.54, 1.807) is 0 Å². The van der Waals surface area contributed by atoms with Gasteiger partial charge >= 0.3 is 6.18 Å². The summed E-state index contributed by atoms with van der Waals surface area (Å²) in [6.45, 7) is 2.72. The Morgan fingerprint density at radius 3 is 2.29 bits per heavy atom. The Bertz CT molecular complexity index is 934. The Hall–Kier alpha value is -3.18. The van der Waals surface area contributed by atoms with Crippen LogP contribution in [0.3, 0.4) is 0 Å². The van der Waals surface area contributed by atoms with Gasteiger partial charge in [0.1, 0.15) is 18.0 Å². The van der Waals surface area contributed by atoms with Gasteiger partial charge < -0.3 is 27.5 Å². The highest BCUT2D eigenvalue weighted by Crippen LogP contribution is 2.32. The number of benzene rings is 1. The van der Waals surface area contributed by atoms with Crippen LogP contribution in [0.5, 0.6) is 0 Å². The van der Waals surface area contributed by atoms with Crippen molar-refractivity contribution in [2.75, 3.05) is 43.4 Å². The number of halogens is 3. The van der Waals surface area contributed by atoms with Crippen molar-refractivity contribution < 1.29 is 13.2 Å². The van der Waals surface area contributed by atoms with Crippen molar-refractivity contribution in [3.8, 4) is 0 Å². The van der Waals surface area contributed by atoms with Crippen molar-refractivity contribution in [2.45, 2.75) is 12.2 Å². The van der Waals surface area contributed by atoms with Crippen molar-refractivity contribution in [2.24, 2.45) is 11.5 Å². The fourth-order valence-corrected chi connectivity index (χ4v) is 3.75. The van der Waals surface area contributed by atoms with Crippen molar-refractivity contribution in [1.82, 2.24) is 14.9 Å². The van der Waals surface area contributed by atoms with Crippen molar-refractivity contribution in [3.63, 3.8) is 0 Å². The summed E-state index contributed by atoms with van der Waals surface area (Å²) in [4.78, 5) is 12.5. The molecule has 8 nitrogen and oxygen atoms in total. The van der Waals surface area contributed by atoms with E-state index in [-0.39, 0.29) is 18.4 Å². The van der Waals surface area contributed by atoms with E-state index in [9.17, 15) is 13.2 Å². The van der Waals surface area contributed by atoms with Gasteiger partial charge in [-0.25, -0.2) is 9.97 Å². The lowest BCUT2D eigenvalue weighted by Gasteiger charge is -2.40. The van der Waals surface area contributed by atoms with Crippen LogP contribution in [0.4, 0.5) is 24.8 Å². The standard InChI is InChI=1S/C20H25F3N8/c21-20(22,23)15-3-1-13(2-4-15)16(11-26)30-5-7-31(8-6-30)19-17(14(9-24)10-25)18(27)28-12-29-19/h1-4,9-10,12,16,24H,5-8,11,25-26H2,(H2,27,28,29)/t16-/m1/s1. The topological polar surface area (TPSA) is 134 Å². The van der Waals surface area contributed by atoms with Gasteiger partial charge in [0.05, 0.1) is 11.1 Å². The molecule has 0 amide bonds. The van der Waals surface area contributed by atoms with Crippen LogP contribution in [0.2, 0.25) is 0 Å². The Labute approximate surface area is 178 Å². The summed E-state index contributed by atoms with van der Waals surface area (Å²) in [7, 11) is 0. The van der Waals surface area contributed by atoms with Gasteiger partial charge in [0.15, 0.2) is 0 Å². The first-order chi connectivity index (χ1) is 14.8. The first-order valence-electron chi connectivity index (χ1n) is 9.69. The van der Waals surface area contributed by atoms with Gasteiger partial charge in [-0.3, -0.25) is 4.90 Å². The van der Waals surface area contributed by atoms with E-state index < -0.39 is 11.7 Å². The second-order valence-electron chi connectivity index (χ2n) is 7.12. The minimum atomic E-state index is -4.37. The van der Waals surface area contributed by atoms with E-state index >= 15 is 0 Å². The van der Waals surface area contributed by atoms with Crippen LogP contribution >= 0.6 is 0 Å². The maximum atomic E-state index is 12.8. The summed E-state index contributed by atoms with van der Waals surface area (Å²) in [5.41, 5.74) is 18.6. The number of alkyl halides is 3. The van der Waals surface area contributed by atoms with E-state index in [0.717, 1.165) is 23.9 Å². The zero-order valence-electron chi connectivity index (χ0n) is 16.8. The number of rotatable bonds is 6. The number of hydrogen-bond donors (Lipinski definition) is 4. The fourth-order valence-electron chi connectivity index (χ4n) is 3.75. The highest BCUT2D eigenvalue weighted by molar-refractivity contribution is 6.12. The summed E-state index contributed by atoms with van der Waals surface area (Å²) in [5.74, 6) is 0.823. The third kappa shape index (κ3) is 4.78. The molecule has 31 heavy (non-hydrogen) atoms. The molecule has 11 heteroatoms. The summed E-state index contributed by atoms with van der Waals surface area (Å²) >= 11 is 0. The van der Waals surface area contributed by atoms with Crippen LogP contribution in [0, 0.1) is 5.41 Å². The molecule has 1 aliphatic heterocycles. The van der Waals surface area contributed by atoms with Crippen LogP contribution < -0.4 is 22.1 Å². The number of nitrogens with zero attached hydrogens (tertiary/aromatic N) is 4. The van der Waals surface area contributed by atoms with E-state index in [2.05, 4.69) is 14.9 Å². The van der Waals surface area contributed by atoms with Crippen LogP contribution in [0.25, 0.3) is 5.57 Å². The number of nitrogen functional groups attached to an aromatic ring is 1. The molecule has 0 unspecified atom stereocenters. The molecule has 1 aromatic carbocycles. The van der Waals surface area contributed by atoms with Gasteiger partial charge in [0.25, 0.3) is 0 Å². The average molecular weight is 434 g/mol. The third-order valence-electron chi connectivity index (χ3n) is 5.38. The lowest BCUT2D eigenvalue weighted by atomic mass is 10.0. The van der Waals surface area contributed by atoms with E-state index in [1.807, 2.05) is 4.90 Å². The van der Waals surface area contributed by atoms with Gasteiger partial charge in [-0.2, -0.15) is 13.2 Å². The molecule has 1 saturated heterocycles. The number of piperazine rings is 1. The minimum absolute atomic E-state index is 0.194. The Morgan fingerprint density at radius 1 is 1.13 bits per heavy atom. The number of anilines is 2. The highest BCUT2D eigenvalue weighted by atomic mass is 19.4. The molecule has 3 rings (SSSR count). The fraction of sp³-hybridized carbons (Fsp3) is 0.350. The lowest BCUT2D eigenvalue weighted by molar-refractivity contribution is -0.137. The molecule has 1 fully saturated rings. The van der Waals surface area contributed by atoms with Gasteiger partial charge in [0.2, 0.25) is 0 Å². The average Bonchev–Trinajstić information content (AvgIpc) is 2.76. The molecule has 0 saturated carbocycles. The number of aromatic nitrogens is 2. The summed E-state index contributed by atoms with van der Waals surface area (Å²) < 4.78 is 38.5.